The van der Waals surface area contributed by atoms with Gasteiger partial charge in [-0.3, -0.25) is 15.0 Å². The summed E-state index contributed by atoms with van der Waals surface area (Å²) in [5, 5.41) is 97.4. The fourth-order valence-corrected chi connectivity index (χ4v) is 9.44. The molecule has 0 saturated carbocycles. The molecule has 0 radical (unpaired) electrons. The van der Waals surface area contributed by atoms with Gasteiger partial charge in [0.15, 0.2) is 0 Å². The number of benzene rings is 7. The van der Waals surface area contributed by atoms with Crippen LogP contribution in [0.15, 0.2) is 205 Å². The molecule has 0 atom stereocenters. The fourth-order valence-electron chi connectivity index (χ4n) is 9.44. The van der Waals surface area contributed by atoms with Gasteiger partial charge in [0, 0.05) is 86.0 Å². The lowest BCUT2D eigenvalue weighted by atomic mass is 9.83. The van der Waals surface area contributed by atoms with E-state index in [1.165, 1.54) is 0 Å². The molecular weight excluding hydrogens is 995 g/mol. The van der Waals surface area contributed by atoms with Crippen molar-refractivity contribution in [1.82, 2.24) is 15.0 Å². The summed E-state index contributed by atoms with van der Waals surface area (Å²) in [5.41, 5.74) is 1.56. The van der Waals surface area contributed by atoms with E-state index in [-0.39, 0.29) is 33.6 Å². The Morgan fingerprint density at radius 1 is 0.312 bits per heavy atom. The highest BCUT2D eigenvalue weighted by atomic mass is 19.1. The number of hydrogen-bond acceptors (Lipinski definition) is 12. The summed E-state index contributed by atoms with van der Waals surface area (Å²) >= 11 is 0. The Morgan fingerprint density at radius 2 is 0.818 bits per heavy atom. The number of rotatable bonds is 12. The standard InChI is InChI=1S/C61H41F4N3O9/c62-41-17-20-47(51(64)28-41)53-22-15-37(31-66-53)58(69,70)60(73,74)39-24-36(25-40(27-39)61(75,76)59(71,72)38-16-23-54(67-32-38)48-21-18-42(63)29-52(48)65)43-10-4-5-11-44(43)50-33-68-55(34-8-2-1-3-9-34)30-49(50)35-14-19-46-45-12-6-7-13-56(45)77-57(46)26-35/h1-33,69-76H. The average molecular weight is 1040 g/mol. The number of aromatic nitrogens is 3. The first kappa shape index (κ1) is 50.4. The number of aliphatic hydroxyl groups is 8. The molecule has 0 spiro atoms. The Bertz CT molecular complexity index is 3920. The molecule has 4 heterocycles. The monoisotopic (exact) mass is 1040 g/mol. The van der Waals surface area contributed by atoms with Gasteiger partial charge in [0.2, 0.25) is 0 Å². The zero-order chi connectivity index (χ0) is 54.0. The number of para-hydroxylation sites is 1. The summed E-state index contributed by atoms with van der Waals surface area (Å²) in [6, 6.07) is 43.9. The van der Waals surface area contributed by atoms with Gasteiger partial charge in [-0.1, -0.05) is 78.9 Å². The smallest absolute Gasteiger partial charge is 0.252 e. The van der Waals surface area contributed by atoms with Crippen molar-refractivity contribution in [3.63, 3.8) is 0 Å². The van der Waals surface area contributed by atoms with Crippen LogP contribution in [0.4, 0.5) is 17.6 Å². The predicted molar refractivity (Wildman–Crippen MR) is 277 cm³/mol. The molecule has 0 fully saturated rings. The molecule has 0 saturated heterocycles. The van der Waals surface area contributed by atoms with Crippen molar-refractivity contribution in [3.8, 4) is 67.2 Å². The molecule has 11 aromatic rings. The molecule has 16 heteroatoms. The zero-order valence-electron chi connectivity index (χ0n) is 39.9. The summed E-state index contributed by atoms with van der Waals surface area (Å²) in [4.78, 5) is 13.0. The van der Waals surface area contributed by atoms with Crippen molar-refractivity contribution in [1.29, 1.82) is 0 Å². The molecule has 0 amide bonds. The minimum Gasteiger partial charge on any atom is -0.456 e. The van der Waals surface area contributed by atoms with Crippen LogP contribution in [0.3, 0.4) is 0 Å². The van der Waals surface area contributed by atoms with Crippen molar-refractivity contribution < 1.29 is 62.8 Å². The van der Waals surface area contributed by atoms with Crippen LogP contribution in [0.25, 0.3) is 89.1 Å². The van der Waals surface area contributed by atoms with Gasteiger partial charge in [-0.05, 0) is 119 Å². The Labute approximate surface area is 434 Å². The van der Waals surface area contributed by atoms with Gasteiger partial charge in [-0.25, -0.2) is 17.6 Å². The normalized spacial score (nSPS) is 12.4. The van der Waals surface area contributed by atoms with Gasteiger partial charge in [0.05, 0.1) is 17.1 Å². The molecule has 382 valence electrons. The van der Waals surface area contributed by atoms with Crippen LogP contribution in [0.2, 0.25) is 0 Å². The second-order valence-electron chi connectivity index (χ2n) is 18.4. The Kier molecular flexibility index (Phi) is 12.5. The first-order valence-electron chi connectivity index (χ1n) is 23.7. The third kappa shape index (κ3) is 8.89. The molecule has 12 nitrogen and oxygen atoms in total. The van der Waals surface area contributed by atoms with Gasteiger partial charge < -0.3 is 45.3 Å². The van der Waals surface area contributed by atoms with Gasteiger partial charge in [-0.15, -0.1) is 0 Å². The predicted octanol–water partition coefficient (Wildman–Crippen LogP) is 10.3. The van der Waals surface area contributed by atoms with Crippen LogP contribution in [0.1, 0.15) is 22.3 Å². The Hall–Kier alpha value is -8.81. The van der Waals surface area contributed by atoms with E-state index in [0.29, 0.717) is 57.3 Å². The van der Waals surface area contributed by atoms with Crippen LogP contribution < -0.4 is 0 Å². The highest BCUT2D eigenvalue weighted by Crippen LogP contribution is 2.47. The van der Waals surface area contributed by atoms with Crippen molar-refractivity contribution in [2.75, 3.05) is 0 Å². The number of fused-ring (bicyclic) bond motifs is 3. The Balaban J connectivity index is 1.08. The van der Waals surface area contributed by atoms with Crippen LogP contribution in [-0.4, -0.2) is 55.8 Å². The fraction of sp³-hybridized carbons (Fsp3) is 0.0656. The third-order valence-electron chi connectivity index (χ3n) is 13.6. The molecule has 8 N–H and O–H groups in total. The minimum atomic E-state index is -3.84. The lowest BCUT2D eigenvalue weighted by Gasteiger charge is -2.38. The number of pyridine rings is 3. The quantitative estimate of drug-likeness (QED) is 0.0424. The largest absolute Gasteiger partial charge is 0.456 e. The number of furan rings is 1. The van der Waals surface area contributed by atoms with Crippen LogP contribution in [0.5, 0.6) is 0 Å². The molecule has 7 aromatic carbocycles. The molecule has 4 aromatic heterocycles. The highest BCUT2D eigenvalue weighted by Gasteiger charge is 2.54. The third-order valence-corrected chi connectivity index (χ3v) is 13.6. The second-order valence-corrected chi connectivity index (χ2v) is 18.4. The molecule has 77 heavy (non-hydrogen) atoms. The first-order chi connectivity index (χ1) is 36.8. The molecule has 11 rings (SSSR count). The zero-order valence-corrected chi connectivity index (χ0v) is 39.9. The van der Waals surface area contributed by atoms with E-state index in [9.17, 15) is 58.4 Å². The van der Waals surface area contributed by atoms with Crippen LogP contribution in [-0.2, 0) is 23.1 Å². The highest BCUT2D eigenvalue weighted by molar-refractivity contribution is 6.06. The van der Waals surface area contributed by atoms with E-state index < -0.39 is 68.7 Å². The number of halogens is 4. The summed E-state index contributed by atoms with van der Waals surface area (Å²) < 4.78 is 63.3. The molecule has 0 aliphatic heterocycles. The molecule has 0 aliphatic carbocycles. The van der Waals surface area contributed by atoms with Crippen LogP contribution >= 0.6 is 0 Å². The van der Waals surface area contributed by atoms with Crippen LogP contribution in [0, 0.1) is 23.3 Å². The van der Waals surface area contributed by atoms with Gasteiger partial charge in [0.25, 0.3) is 23.1 Å². The SMILES string of the molecule is OC(O)(c1ccc(-c2ccc(F)cc2F)nc1)C(O)(O)c1cc(-c2ccccc2-c2cnc(-c3ccccc3)cc2-c2ccc3c(c2)oc2ccccc23)cc(C(O)(O)C(O)(O)c2ccc(-c3ccc(F)cc3F)nc2)c1. The van der Waals surface area contributed by atoms with Crippen molar-refractivity contribution in [3.05, 3.63) is 246 Å². The maximum Gasteiger partial charge on any atom is 0.252 e. The molecular formula is C61H41F4N3O9. The topological polar surface area (TPSA) is 214 Å². The summed E-state index contributed by atoms with van der Waals surface area (Å²) in [6.07, 6.45) is 3.24. The van der Waals surface area contributed by atoms with E-state index in [1.54, 1.807) is 30.5 Å². The van der Waals surface area contributed by atoms with E-state index in [0.717, 1.165) is 89.4 Å². The maximum absolute atomic E-state index is 14.8. The summed E-state index contributed by atoms with van der Waals surface area (Å²) in [5.74, 6) is -18.8. The van der Waals surface area contributed by atoms with Crippen molar-refractivity contribution >= 4 is 21.9 Å². The number of nitrogens with zero attached hydrogens (tertiary/aromatic N) is 3. The maximum atomic E-state index is 14.8. The lowest BCUT2D eigenvalue weighted by molar-refractivity contribution is -0.378. The van der Waals surface area contributed by atoms with Crippen molar-refractivity contribution in [2.45, 2.75) is 23.1 Å². The van der Waals surface area contributed by atoms with Gasteiger partial charge in [-0.2, -0.15) is 0 Å². The summed E-state index contributed by atoms with van der Waals surface area (Å²) in [7, 11) is 0. The van der Waals surface area contributed by atoms with Gasteiger partial charge in [0.1, 0.15) is 34.4 Å². The van der Waals surface area contributed by atoms with E-state index in [4.69, 9.17) is 9.40 Å². The lowest BCUT2D eigenvalue weighted by Crippen LogP contribution is -2.51. The van der Waals surface area contributed by atoms with E-state index in [2.05, 4.69) is 9.97 Å². The minimum absolute atomic E-state index is 0.0778. The molecule has 0 aliphatic rings. The average Bonchev–Trinajstić information content (AvgIpc) is 3.83. The summed E-state index contributed by atoms with van der Waals surface area (Å²) in [6.45, 7) is 0. The van der Waals surface area contributed by atoms with E-state index >= 15 is 0 Å². The van der Waals surface area contributed by atoms with E-state index in [1.807, 2.05) is 78.9 Å². The van der Waals surface area contributed by atoms with Gasteiger partial charge >= 0.3 is 0 Å². The first-order valence-corrected chi connectivity index (χ1v) is 23.7. The molecule has 0 bridgehead atoms. The Morgan fingerprint density at radius 3 is 1.38 bits per heavy atom. The van der Waals surface area contributed by atoms with Crippen molar-refractivity contribution in [2.24, 2.45) is 0 Å². The molecule has 0 unspecified atom stereocenters. The second kappa shape index (κ2) is 19.1. The number of hydrogen-bond donors (Lipinski definition) is 8.